The molecule has 52 valence electrons. The molecule has 0 bridgehead atoms. The highest BCUT2D eigenvalue weighted by Crippen LogP contribution is 2.00. The van der Waals surface area contributed by atoms with Crippen LogP contribution in [0.15, 0.2) is 17.1 Å². The van der Waals surface area contributed by atoms with Gasteiger partial charge >= 0.3 is 6.03 Å². The Labute approximate surface area is 57.6 Å². The molecular weight excluding hydrogens is 132 g/mol. The predicted molar refractivity (Wildman–Crippen MR) is 35.8 cm³/mol. The molecule has 3 amide bonds. The van der Waals surface area contributed by atoms with E-state index in [2.05, 4.69) is 11.6 Å². The van der Waals surface area contributed by atoms with E-state index in [4.69, 9.17) is 0 Å². The van der Waals surface area contributed by atoms with Crippen LogP contribution in [0, 0.1) is 0 Å². The molecule has 0 saturated carbocycles. The summed E-state index contributed by atoms with van der Waals surface area (Å²) in [5.41, 5.74) is 0.633. The third kappa shape index (κ3) is 0.953. The van der Waals surface area contributed by atoms with E-state index < -0.39 is 11.9 Å². The number of hydrogen-bond donors (Lipinski definition) is 1. The van der Waals surface area contributed by atoms with Crippen LogP contribution in [-0.2, 0) is 4.79 Å². The van der Waals surface area contributed by atoms with Crippen LogP contribution in [0.1, 0.15) is 6.92 Å². The summed E-state index contributed by atoms with van der Waals surface area (Å²) in [7, 11) is 0. The molecule has 1 rings (SSSR count). The summed E-state index contributed by atoms with van der Waals surface area (Å²) in [5.74, 6) is -0.461. The number of carbonyl (C=O) groups excluding carboxylic acids is 2. The van der Waals surface area contributed by atoms with Crippen molar-refractivity contribution in [3.63, 3.8) is 0 Å². The van der Waals surface area contributed by atoms with E-state index >= 15 is 0 Å². The predicted octanol–water partition coefficient (Wildman–Crippen LogP) is 0.253. The Morgan fingerprint density at radius 2 is 2.10 bits per heavy atom. The fourth-order valence-electron chi connectivity index (χ4n) is 0.585. The van der Waals surface area contributed by atoms with Crippen molar-refractivity contribution >= 4 is 17.6 Å². The van der Waals surface area contributed by atoms with Gasteiger partial charge in [0.2, 0.25) is 0 Å². The lowest BCUT2D eigenvalue weighted by atomic mass is 10.2. The highest BCUT2D eigenvalue weighted by atomic mass is 16.2. The Bertz CT molecular complexity index is 252. The first-order chi connectivity index (χ1) is 4.61. The van der Waals surface area contributed by atoms with Crippen molar-refractivity contribution in [3.8, 4) is 0 Å². The van der Waals surface area contributed by atoms with Crippen LogP contribution in [0.2, 0.25) is 0 Å². The van der Waals surface area contributed by atoms with Crippen molar-refractivity contribution in [2.45, 2.75) is 6.92 Å². The van der Waals surface area contributed by atoms with Gasteiger partial charge in [0.25, 0.3) is 5.91 Å². The minimum atomic E-state index is -0.616. The molecule has 0 aromatic rings. The van der Waals surface area contributed by atoms with Gasteiger partial charge in [-0.3, -0.25) is 10.1 Å². The standard InChI is InChI=1S/C6H6N2O2/c1-3-4(2)7-6(10)8-5(3)9/h1H2,2H3,(H,8,9,10). The summed E-state index contributed by atoms with van der Waals surface area (Å²) >= 11 is 0. The van der Waals surface area contributed by atoms with Crippen molar-refractivity contribution in [2.24, 2.45) is 4.99 Å². The zero-order valence-corrected chi connectivity index (χ0v) is 5.47. The molecule has 0 spiro atoms. The molecule has 1 aliphatic heterocycles. The summed E-state index contributed by atoms with van der Waals surface area (Å²) in [6, 6.07) is -0.616. The molecule has 4 heteroatoms. The lowest BCUT2D eigenvalue weighted by molar-refractivity contribution is -0.116. The van der Waals surface area contributed by atoms with E-state index in [0.717, 1.165) is 0 Å². The molecule has 0 aliphatic carbocycles. The number of nitrogens with one attached hydrogen (secondary N) is 1. The van der Waals surface area contributed by atoms with Crippen LogP contribution in [0.3, 0.4) is 0 Å². The first kappa shape index (κ1) is 6.67. The van der Waals surface area contributed by atoms with Crippen molar-refractivity contribution in [1.82, 2.24) is 5.32 Å². The van der Waals surface area contributed by atoms with Gasteiger partial charge in [-0.1, -0.05) is 6.58 Å². The van der Waals surface area contributed by atoms with Gasteiger partial charge in [0, 0.05) is 0 Å². The van der Waals surface area contributed by atoms with E-state index in [9.17, 15) is 9.59 Å². The van der Waals surface area contributed by atoms with Gasteiger partial charge in [0.05, 0.1) is 11.3 Å². The van der Waals surface area contributed by atoms with E-state index in [1.165, 1.54) is 0 Å². The number of aliphatic imine (C=N–C) groups is 1. The molecule has 4 nitrogen and oxygen atoms in total. The van der Waals surface area contributed by atoms with Crippen LogP contribution in [-0.4, -0.2) is 17.6 Å². The quantitative estimate of drug-likeness (QED) is 0.488. The van der Waals surface area contributed by atoms with Crippen LogP contribution in [0.4, 0.5) is 4.79 Å². The highest BCUT2D eigenvalue weighted by molar-refractivity contribution is 6.28. The summed E-state index contributed by atoms with van der Waals surface area (Å²) in [6.45, 7) is 4.98. The topological polar surface area (TPSA) is 58.5 Å². The molecule has 0 fully saturated rings. The molecule has 1 aliphatic rings. The summed E-state index contributed by atoms with van der Waals surface area (Å²) in [6.07, 6.45) is 0. The lowest BCUT2D eigenvalue weighted by Gasteiger charge is -2.08. The summed E-state index contributed by atoms with van der Waals surface area (Å²) < 4.78 is 0. The first-order valence-electron chi connectivity index (χ1n) is 2.71. The normalized spacial score (nSPS) is 18.5. The Balaban J connectivity index is 3.03. The van der Waals surface area contributed by atoms with Crippen LogP contribution in [0.25, 0.3) is 0 Å². The molecule has 0 radical (unpaired) electrons. The van der Waals surface area contributed by atoms with Crippen molar-refractivity contribution < 1.29 is 9.59 Å². The largest absolute Gasteiger partial charge is 0.348 e. The monoisotopic (exact) mass is 138 g/mol. The number of rotatable bonds is 0. The molecule has 0 saturated heterocycles. The lowest BCUT2D eigenvalue weighted by Crippen LogP contribution is -2.35. The van der Waals surface area contributed by atoms with Crippen molar-refractivity contribution in [1.29, 1.82) is 0 Å². The third-order valence-electron chi connectivity index (χ3n) is 1.20. The maximum Gasteiger partial charge on any atom is 0.348 e. The van der Waals surface area contributed by atoms with Gasteiger partial charge in [-0.25, -0.2) is 4.79 Å². The fourth-order valence-corrected chi connectivity index (χ4v) is 0.585. The van der Waals surface area contributed by atoms with E-state index in [1.807, 2.05) is 5.32 Å². The Hall–Kier alpha value is -1.45. The van der Waals surface area contributed by atoms with Gasteiger partial charge in [0.1, 0.15) is 0 Å². The SMILES string of the molecule is C=C1C(=O)NC(=O)N=C1C. The van der Waals surface area contributed by atoms with Gasteiger partial charge in [-0.2, -0.15) is 4.99 Å². The second kappa shape index (κ2) is 2.06. The molecule has 1 heterocycles. The second-order valence-corrected chi connectivity index (χ2v) is 1.94. The van der Waals surface area contributed by atoms with Crippen LogP contribution >= 0.6 is 0 Å². The molecule has 0 aromatic heterocycles. The molecule has 0 aromatic carbocycles. The zero-order valence-electron chi connectivity index (χ0n) is 5.47. The zero-order chi connectivity index (χ0) is 7.72. The van der Waals surface area contributed by atoms with Gasteiger partial charge in [-0.15, -0.1) is 0 Å². The smallest absolute Gasteiger partial charge is 0.272 e. The van der Waals surface area contributed by atoms with Gasteiger partial charge in [0.15, 0.2) is 0 Å². The average Bonchev–Trinajstić information content (AvgIpc) is 1.82. The number of hydrogen-bond acceptors (Lipinski definition) is 2. The first-order valence-corrected chi connectivity index (χ1v) is 2.71. The van der Waals surface area contributed by atoms with Crippen LogP contribution < -0.4 is 5.32 Å². The minimum absolute atomic E-state index is 0.250. The highest BCUT2D eigenvalue weighted by Gasteiger charge is 2.18. The number of urea groups is 1. The van der Waals surface area contributed by atoms with E-state index in [0.29, 0.717) is 5.71 Å². The summed E-state index contributed by atoms with van der Waals surface area (Å²) in [5, 5.41) is 1.99. The van der Waals surface area contributed by atoms with E-state index in [1.54, 1.807) is 6.92 Å². The van der Waals surface area contributed by atoms with Crippen LogP contribution in [0.5, 0.6) is 0 Å². The van der Waals surface area contributed by atoms with E-state index in [-0.39, 0.29) is 5.57 Å². The maximum atomic E-state index is 10.7. The molecule has 0 atom stereocenters. The number of imide groups is 1. The molecule has 10 heavy (non-hydrogen) atoms. The Morgan fingerprint density at radius 1 is 1.50 bits per heavy atom. The van der Waals surface area contributed by atoms with Gasteiger partial charge in [-0.05, 0) is 6.92 Å². The third-order valence-corrected chi connectivity index (χ3v) is 1.20. The molecule has 1 N–H and O–H groups in total. The number of carbonyl (C=O) groups is 2. The average molecular weight is 138 g/mol. The molecule has 0 unspecified atom stereocenters. The number of amides is 3. The number of nitrogens with zero attached hydrogens (tertiary/aromatic N) is 1. The minimum Gasteiger partial charge on any atom is -0.272 e. The maximum absolute atomic E-state index is 10.7. The Kier molecular flexibility index (Phi) is 1.37. The second-order valence-electron chi connectivity index (χ2n) is 1.94. The van der Waals surface area contributed by atoms with Gasteiger partial charge < -0.3 is 0 Å². The summed E-state index contributed by atoms with van der Waals surface area (Å²) in [4.78, 5) is 24.6. The fraction of sp³-hybridized carbons (Fsp3) is 0.167. The van der Waals surface area contributed by atoms with Crippen molar-refractivity contribution in [2.75, 3.05) is 0 Å². The van der Waals surface area contributed by atoms with Crippen molar-refractivity contribution in [3.05, 3.63) is 12.2 Å². The molecular formula is C6H6N2O2. The Morgan fingerprint density at radius 3 is 2.60 bits per heavy atom.